The lowest BCUT2D eigenvalue weighted by Crippen LogP contribution is -1.98. The number of benzene rings is 1. The molecule has 0 amide bonds. The second-order valence-corrected chi connectivity index (χ2v) is 4.58. The van der Waals surface area contributed by atoms with Crippen molar-refractivity contribution in [1.82, 2.24) is 0 Å². The Labute approximate surface area is 121 Å². The molecule has 1 rings (SSSR count). The van der Waals surface area contributed by atoms with Crippen LogP contribution in [0.15, 0.2) is 54.5 Å². The van der Waals surface area contributed by atoms with Gasteiger partial charge in [0.05, 0.1) is 0 Å². The summed E-state index contributed by atoms with van der Waals surface area (Å²) in [6.07, 6.45) is 5.28. The van der Waals surface area contributed by atoms with Crippen LogP contribution in [-0.4, -0.2) is 5.97 Å². The molecular formula is C18H22O2. The van der Waals surface area contributed by atoms with E-state index in [1.54, 1.807) is 0 Å². The summed E-state index contributed by atoms with van der Waals surface area (Å²) in [5, 5.41) is 0. The lowest BCUT2D eigenvalue weighted by molar-refractivity contribution is -0.137. The fourth-order valence-electron chi connectivity index (χ4n) is 1.84. The minimum absolute atomic E-state index is 0.297. The number of hydrogen-bond acceptors (Lipinski definition) is 2. The van der Waals surface area contributed by atoms with E-state index in [1.807, 2.05) is 36.4 Å². The van der Waals surface area contributed by atoms with E-state index in [0.29, 0.717) is 12.2 Å². The van der Waals surface area contributed by atoms with E-state index in [9.17, 15) is 4.79 Å². The highest BCUT2D eigenvalue weighted by Gasteiger charge is 2.04. The van der Waals surface area contributed by atoms with Crippen LogP contribution in [0.1, 0.15) is 45.1 Å². The van der Waals surface area contributed by atoms with Gasteiger partial charge in [0.25, 0.3) is 0 Å². The Bertz CT molecular complexity index is 505. The van der Waals surface area contributed by atoms with Crippen LogP contribution in [0, 0.1) is 0 Å². The van der Waals surface area contributed by atoms with Crippen LogP contribution in [0.25, 0.3) is 5.57 Å². The fourth-order valence-corrected chi connectivity index (χ4v) is 1.84. The molecule has 0 aliphatic heterocycles. The Morgan fingerprint density at radius 3 is 2.60 bits per heavy atom. The highest BCUT2D eigenvalue weighted by Crippen LogP contribution is 2.19. The summed E-state index contributed by atoms with van der Waals surface area (Å²) in [6, 6.07) is 9.99. The van der Waals surface area contributed by atoms with Crippen LogP contribution in [-0.2, 0) is 9.53 Å². The van der Waals surface area contributed by atoms with Gasteiger partial charge in [-0.2, -0.15) is 0 Å². The Morgan fingerprint density at radius 1 is 1.35 bits per heavy atom. The molecule has 0 atom stereocenters. The highest BCUT2D eigenvalue weighted by molar-refractivity contribution is 5.69. The molecule has 0 aliphatic carbocycles. The zero-order valence-electron chi connectivity index (χ0n) is 12.3. The molecule has 106 valence electrons. The number of carbonyl (C=O) groups excluding carboxylic acids is 1. The first-order valence-corrected chi connectivity index (χ1v) is 7.00. The maximum Gasteiger partial charge on any atom is 0.308 e. The van der Waals surface area contributed by atoms with Crippen LogP contribution in [0.5, 0.6) is 0 Å². The van der Waals surface area contributed by atoms with Gasteiger partial charge in [-0.1, -0.05) is 55.5 Å². The second-order valence-electron chi connectivity index (χ2n) is 4.58. The second kappa shape index (κ2) is 8.95. The van der Waals surface area contributed by atoms with Gasteiger partial charge in [0.15, 0.2) is 0 Å². The number of hydrogen-bond donors (Lipinski definition) is 0. The van der Waals surface area contributed by atoms with Crippen molar-refractivity contribution >= 4 is 11.5 Å². The van der Waals surface area contributed by atoms with Gasteiger partial charge in [-0.05, 0) is 18.4 Å². The molecule has 0 heterocycles. The van der Waals surface area contributed by atoms with Crippen molar-refractivity contribution in [1.29, 1.82) is 0 Å². The van der Waals surface area contributed by atoms with Crippen molar-refractivity contribution in [2.24, 2.45) is 0 Å². The molecule has 1 aromatic carbocycles. The normalized spacial score (nSPS) is 9.50. The van der Waals surface area contributed by atoms with Crippen molar-refractivity contribution in [2.45, 2.75) is 39.5 Å². The van der Waals surface area contributed by atoms with Crippen LogP contribution in [0.4, 0.5) is 0 Å². The summed E-state index contributed by atoms with van der Waals surface area (Å²) in [4.78, 5) is 11.2. The number of rotatable bonds is 7. The topological polar surface area (TPSA) is 26.3 Å². The van der Waals surface area contributed by atoms with E-state index in [-0.39, 0.29) is 5.97 Å². The maximum atomic E-state index is 11.2. The smallest absolute Gasteiger partial charge is 0.308 e. The molecule has 0 fully saturated rings. The highest BCUT2D eigenvalue weighted by atomic mass is 16.5. The van der Waals surface area contributed by atoms with E-state index in [1.165, 1.54) is 6.92 Å². The average molecular weight is 270 g/mol. The summed E-state index contributed by atoms with van der Waals surface area (Å²) >= 11 is 0. The lowest BCUT2D eigenvalue weighted by Gasteiger charge is -2.06. The molecule has 2 nitrogen and oxygen atoms in total. The van der Waals surface area contributed by atoms with E-state index in [2.05, 4.69) is 19.2 Å². The zero-order valence-corrected chi connectivity index (χ0v) is 12.3. The van der Waals surface area contributed by atoms with Gasteiger partial charge < -0.3 is 4.74 Å². The minimum atomic E-state index is -0.297. The molecule has 0 unspecified atom stereocenters. The molecule has 20 heavy (non-hydrogen) atoms. The van der Waals surface area contributed by atoms with E-state index in [0.717, 1.165) is 30.4 Å². The monoisotopic (exact) mass is 270 g/mol. The average Bonchev–Trinajstić information content (AvgIpc) is 2.44. The molecule has 1 aromatic rings. The Hall–Kier alpha value is -2.05. The zero-order chi connectivity index (χ0) is 14.8. The first kappa shape index (κ1) is 16.0. The summed E-state index contributed by atoms with van der Waals surface area (Å²) in [6.45, 7) is 7.31. The molecule has 0 radical (unpaired) electrons. The van der Waals surface area contributed by atoms with Crippen LogP contribution >= 0.6 is 0 Å². The van der Waals surface area contributed by atoms with Crippen molar-refractivity contribution in [3.05, 3.63) is 60.0 Å². The molecule has 2 heteroatoms. The Kier molecular flexibility index (Phi) is 7.16. The Balaban J connectivity index is 3.18. The first-order chi connectivity index (χ1) is 9.67. The quantitative estimate of drug-likeness (QED) is 0.305. The lowest BCUT2D eigenvalue weighted by atomic mass is 10.0. The third-order valence-corrected chi connectivity index (χ3v) is 2.79. The SMILES string of the molecule is C=CCC(=C=C(CCCC)OC(C)=O)c1ccccc1. The van der Waals surface area contributed by atoms with Gasteiger partial charge in [-0.25, -0.2) is 0 Å². The molecular weight excluding hydrogens is 248 g/mol. The van der Waals surface area contributed by atoms with Crippen LogP contribution < -0.4 is 0 Å². The van der Waals surface area contributed by atoms with Crippen molar-refractivity contribution < 1.29 is 9.53 Å². The van der Waals surface area contributed by atoms with Crippen molar-refractivity contribution in [3.8, 4) is 0 Å². The van der Waals surface area contributed by atoms with Crippen LogP contribution in [0.3, 0.4) is 0 Å². The number of ether oxygens (including phenoxy) is 1. The van der Waals surface area contributed by atoms with Gasteiger partial charge in [-0.15, -0.1) is 6.58 Å². The number of unbranched alkanes of at least 4 members (excludes halogenated alkanes) is 1. The number of allylic oxidation sites excluding steroid dienone is 2. The van der Waals surface area contributed by atoms with Gasteiger partial charge in [0.1, 0.15) is 5.76 Å². The molecule has 0 saturated carbocycles. The summed E-state index contributed by atoms with van der Waals surface area (Å²) in [5.41, 5.74) is 5.33. The predicted molar refractivity (Wildman–Crippen MR) is 83.0 cm³/mol. The first-order valence-electron chi connectivity index (χ1n) is 7.00. The molecule has 0 aromatic heterocycles. The fraction of sp³-hybridized carbons (Fsp3) is 0.333. The van der Waals surface area contributed by atoms with Gasteiger partial charge in [0.2, 0.25) is 0 Å². The van der Waals surface area contributed by atoms with Gasteiger partial charge in [-0.3, -0.25) is 4.79 Å². The van der Waals surface area contributed by atoms with Crippen LogP contribution in [0.2, 0.25) is 0 Å². The van der Waals surface area contributed by atoms with Crippen molar-refractivity contribution in [3.63, 3.8) is 0 Å². The molecule has 0 spiro atoms. The summed E-state index contributed by atoms with van der Waals surface area (Å²) < 4.78 is 5.26. The largest absolute Gasteiger partial charge is 0.423 e. The van der Waals surface area contributed by atoms with Gasteiger partial charge in [0, 0.05) is 18.9 Å². The third kappa shape index (κ3) is 5.73. The minimum Gasteiger partial charge on any atom is -0.423 e. The number of esters is 1. The summed E-state index contributed by atoms with van der Waals surface area (Å²) in [5.74, 6) is 0.315. The van der Waals surface area contributed by atoms with E-state index < -0.39 is 0 Å². The van der Waals surface area contributed by atoms with E-state index >= 15 is 0 Å². The molecule has 0 saturated heterocycles. The summed E-state index contributed by atoms with van der Waals surface area (Å²) in [7, 11) is 0. The molecule has 0 bridgehead atoms. The van der Waals surface area contributed by atoms with E-state index in [4.69, 9.17) is 4.74 Å². The third-order valence-electron chi connectivity index (χ3n) is 2.79. The molecule has 0 aliphatic rings. The standard InChI is InChI=1S/C18H22O2/c1-4-6-13-18(20-15(3)19)14-17(10-5-2)16-11-8-7-9-12-16/h5,7-9,11-12H,2,4,6,10,13H2,1,3H3. The Morgan fingerprint density at radius 2 is 2.05 bits per heavy atom. The predicted octanol–water partition coefficient (Wildman–Crippen LogP) is 4.88. The number of carbonyl (C=O) groups is 1. The maximum absolute atomic E-state index is 11.2. The van der Waals surface area contributed by atoms with Crippen molar-refractivity contribution in [2.75, 3.05) is 0 Å². The molecule has 0 N–H and O–H groups in total. The van der Waals surface area contributed by atoms with Gasteiger partial charge >= 0.3 is 5.97 Å².